The first-order valence-electron chi connectivity index (χ1n) is 4.99. The average Bonchev–Trinajstić information content (AvgIpc) is 2.25. The van der Waals surface area contributed by atoms with Gasteiger partial charge in [0.25, 0.3) is 0 Å². The zero-order valence-corrected chi connectivity index (χ0v) is 9.84. The van der Waals surface area contributed by atoms with E-state index in [4.69, 9.17) is 0 Å². The van der Waals surface area contributed by atoms with Gasteiger partial charge in [-0.05, 0) is 0 Å². The summed E-state index contributed by atoms with van der Waals surface area (Å²) in [5, 5.41) is 4.59. The van der Waals surface area contributed by atoms with E-state index in [0.29, 0.717) is 0 Å². The summed E-state index contributed by atoms with van der Waals surface area (Å²) in [7, 11) is 1.32. The summed E-state index contributed by atoms with van der Waals surface area (Å²) < 4.78 is 30.7. The van der Waals surface area contributed by atoms with Crippen LogP contribution in [0.3, 0.4) is 0 Å². The number of hydrogen-bond donors (Lipinski definition) is 2. The summed E-state index contributed by atoms with van der Waals surface area (Å²) in [4.78, 5) is 22.2. The lowest BCUT2D eigenvalue weighted by Crippen LogP contribution is -2.19. The lowest BCUT2D eigenvalue weighted by molar-refractivity contribution is -0.119. The Morgan fingerprint density at radius 2 is 1.67 bits per heavy atom. The fourth-order valence-electron chi connectivity index (χ4n) is 1.26. The van der Waals surface area contributed by atoms with E-state index in [-0.39, 0.29) is 18.0 Å². The van der Waals surface area contributed by atoms with Crippen LogP contribution in [0.4, 0.5) is 20.2 Å². The molecule has 0 saturated heterocycles. The van der Waals surface area contributed by atoms with Crippen molar-refractivity contribution in [3.05, 3.63) is 23.8 Å². The molecule has 0 unspecified atom stereocenters. The van der Waals surface area contributed by atoms with Gasteiger partial charge in [-0.1, -0.05) is 0 Å². The number of nitrogens with one attached hydrogen (secondary N) is 2. The van der Waals surface area contributed by atoms with Crippen molar-refractivity contribution in [3.63, 3.8) is 0 Å². The molecular weight excluding hydrogens is 246 g/mol. The summed E-state index contributed by atoms with van der Waals surface area (Å²) in [5.41, 5.74) is -0.0583. The van der Waals surface area contributed by atoms with Gasteiger partial charge in [0.1, 0.15) is 6.61 Å². The highest BCUT2D eigenvalue weighted by molar-refractivity contribution is 5.99. The molecule has 1 aromatic rings. The third kappa shape index (κ3) is 3.77. The normalized spacial score (nSPS) is 10.0. The van der Waals surface area contributed by atoms with Gasteiger partial charge in [-0.3, -0.25) is 9.59 Å². The van der Waals surface area contributed by atoms with E-state index >= 15 is 0 Å². The molecule has 2 N–H and O–H groups in total. The van der Waals surface area contributed by atoms with Crippen LogP contribution in [0.25, 0.3) is 0 Å². The smallest absolute Gasteiger partial charge is 0.250 e. The Morgan fingerprint density at radius 3 is 2.11 bits per heavy atom. The summed E-state index contributed by atoms with van der Waals surface area (Å²) in [6.07, 6.45) is 0. The Morgan fingerprint density at radius 1 is 1.17 bits per heavy atom. The van der Waals surface area contributed by atoms with Crippen LogP contribution in [0.15, 0.2) is 12.1 Å². The topological polar surface area (TPSA) is 67.4 Å². The van der Waals surface area contributed by atoms with Crippen molar-refractivity contribution in [3.8, 4) is 0 Å². The van der Waals surface area contributed by atoms with Crippen LogP contribution in [-0.4, -0.2) is 25.5 Å². The molecule has 0 bridgehead atoms. The van der Waals surface area contributed by atoms with E-state index in [2.05, 4.69) is 15.4 Å². The molecule has 5 nitrogen and oxygen atoms in total. The average molecular weight is 258 g/mol. The monoisotopic (exact) mass is 258 g/mol. The van der Waals surface area contributed by atoms with Crippen LogP contribution < -0.4 is 10.6 Å². The minimum Gasteiger partial charge on any atom is -0.375 e. The van der Waals surface area contributed by atoms with Gasteiger partial charge in [-0.2, -0.15) is 0 Å². The molecule has 0 spiro atoms. The Bertz CT molecular complexity index is 478. The van der Waals surface area contributed by atoms with E-state index in [1.165, 1.54) is 14.0 Å². The van der Waals surface area contributed by atoms with E-state index in [9.17, 15) is 18.4 Å². The van der Waals surface area contributed by atoms with Crippen molar-refractivity contribution < 1.29 is 23.1 Å². The number of amides is 2. The number of ether oxygens (including phenoxy) is 1. The first kappa shape index (κ1) is 14.0. The maximum Gasteiger partial charge on any atom is 0.250 e. The number of anilines is 2. The summed E-state index contributed by atoms with van der Waals surface area (Å²) in [6.45, 7) is 0.973. The third-order valence-electron chi connectivity index (χ3n) is 1.92. The molecule has 18 heavy (non-hydrogen) atoms. The molecule has 98 valence electrons. The van der Waals surface area contributed by atoms with Gasteiger partial charge < -0.3 is 15.4 Å². The molecule has 0 heterocycles. The number of hydrogen-bond acceptors (Lipinski definition) is 3. The van der Waals surface area contributed by atoms with Crippen LogP contribution in [0.2, 0.25) is 0 Å². The Hall–Kier alpha value is -2.02. The van der Waals surface area contributed by atoms with Crippen molar-refractivity contribution in [2.45, 2.75) is 6.92 Å². The number of carbonyl (C=O) groups is 2. The summed E-state index contributed by atoms with van der Waals surface area (Å²) in [5.74, 6) is -3.27. The largest absolute Gasteiger partial charge is 0.375 e. The predicted octanol–water partition coefficient (Wildman–Crippen LogP) is 1.51. The Labute approximate surface area is 102 Å². The second-order valence-corrected chi connectivity index (χ2v) is 3.47. The van der Waals surface area contributed by atoms with Crippen LogP contribution >= 0.6 is 0 Å². The number of rotatable bonds is 4. The minimum atomic E-state index is -1.13. The molecular formula is C11H12F2N2O3. The van der Waals surface area contributed by atoms with E-state index in [1.54, 1.807) is 0 Å². The molecule has 0 atom stereocenters. The highest BCUT2D eigenvalue weighted by Crippen LogP contribution is 2.25. The van der Waals surface area contributed by atoms with Crippen molar-refractivity contribution in [1.82, 2.24) is 0 Å². The molecule has 0 aliphatic carbocycles. The minimum absolute atomic E-state index is 0.0224. The molecule has 0 radical (unpaired) electrons. The van der Waals surface area contributed by atoms with E-state index in [1.807, 2.05) is 0 Å². The first-order valence-corrected chi connectivity index (χ1v) is 4.99. The first-order chi connectivity index (χ1) is 8.43. The van der Waals surface area contributed by atoms with Crippen molar-refractivity contribution in [1.29, 1.82) is 0 Å². The quantitative estimate of drug-likeness (QED) is 0.860. The molecule has 1 aromatic carbocycles. The zero-order chi connectivity index (χ0) is 13.7. The summed E-state index contributed by atoms with van der Waals surface area (Å²) >= 11 is 0. The third-order valence-corrected chi connectivity index (χ3v) is 1.92. The molecule has 0 saturated carbocycles. The summed E-state index contributed by atoms with van der Waals surface area (Å²) in [6, 6.07) is 1.58. The maximum absolute atomic E-state index is 13.1. The fraction of sp³-hybridized carbons (Fsp3) is 0.273. The maximum atomic E-state index is 13.1. The van der Waals surface area contributed by atoms with Gasteiger partial charge >= 0.3 is 0 Å². The zero-order valence-electron chi connectivity index (χ0n) is 9.84. The van der Waals surface area contributed by atoms with Gasteiger partial charge in [-0.25, -0.2) is 8.78 Å². The van der Waals surface area contributed by atoms with Crippen molar-refractivity contribution in [2.75, 3.05) is 24.4 Å². The van der Waals surface area contributed by atoms with Crippen LogP contribution in [0.1, 0.15) is 6.92 Å². The molecule has 2 amide bonds. The van der Waals surface area contributed by atoms with E-state index < -0.39 is 23.4 Å². The lowest BCUT2D eigenvalue weighted by atomic mass is 10.2. The highest BCUT2D eigenvalue weighted by Gasteiger charge is 2.13. The fourth-order valence-corrected chi connectivity index (χ4v) is 1.26. The second kappa shape index (κ2) is 6.06. The van der Waals surface area contributed by atoms with Gasteiger partial charge in [0.05, 0.1) is 11.4 Å². The molecule has 0 aliphatic rings. The Balaban J connectivity index is 3.03. The van der Waals surface area contributed by atoms with Crippen LogP contribution in [0.5, 0.6) is 0 Å². The number of carbonyl (C=O) groups excluding carboxylic acids is 2. The highest BCUT2D eigenvalue weighted by atomic mass is 19.2. The van der Waals surface area contributed by atoms with Crippen LogP contribution in [-0.2, 0) is 14.3 Å². The lowest BCUT2D eigenvalue weighted by Gasteiger charge is -2.11. The van der Waals surface area contributed by atoms with Gasteiger partial charge in [-0.15, -0.1) is 0 Å². The van der Waals surface area contributed by atoms with Crippen LogP contribution in [0, 0.1) is 11.6 Å². The molecule has 0 fully saturated rings. The molecule has 0 aliphatic heterocycles. The van der Waals surface area contributed by atoms with Crippen molar-refractivity contribution in [2.24, 2.45) is 0 Å². The number of benzene rings is 1. The molecule has 0 aromatic heterocycles. The molecule has 1 rings (SSSR count). The number of halogens is 2. The second-order valence-electron chi connectivity index (χ2n) is 3.47. The van der Waals surface area contributed by atoms with Gasteiger partial charge in [0, 0.05) is 26.2 Å². The van der Waals surface area contributed by atoms with E-state index in [0.717, 1.165) is 12.1 Å². The molecule has 7 heteroatoms. The van der Waals surface area contributed by atoms with Gasteiger partial charge in [0.2, 0.25) is 11.8 Å². The number of methoxy groups -OCH3 is 1. The Kier molecular flexibility index (Phi) is 4.73. The SMILES string of the molecule is COCC(=O)Nc1cc(F)c(F)cc1NC(C)=O. The standard InChI is InChI=1S/C11H12F2N2O3/c1-6(16)14-9-3-7(12)8(13)4-10(9)15-11(17)5-18-2/h3-4H,5H2,1-2H3,(H,14,16)(H,15,17). The van der Waals surface area contributed by atoms with Crippen molar-refractivity contribution >= 4 is 23.2 Å². The van der Waals surface area contributed by atoms with Gasteiger partial charge in [0.15, 0.2) is 11.6 Å². The predicted molar refractivity (Wildman–Crippen MR) is 61.2 cm³/mol.